The number of nitrogens with one attached hydrogen (secondary N) is 1. The van der Waals surface area contributed by atoms with E-state index in [1.54, 1.807) is 20.8 Å². The quantitative estimate of drug-likeness (QED) is 0.416. The van der Waals surface area contributed by atoms with Crippen molar-refractivity contribution in [3.63, 3.8) is 0 Å². The Hall–Kier alpha value is -2.64. The molecule has 0 saturated heterocycles. The summed E-state index contributed by atoms with van der Waals surface area (Å²) in [7, 11) is 0. The third-order valence-electron chi connectivity index (χ3n) is 3.36. The number of hydrogen-bond donors (Lipinski definition) is 3. The van der Waals surface area contributed by atoms with Crippen LogP contribution in [0.1, 0.15) is 36.2 Å². The average Bonchev–Trinajstić information content (AvgIpc) is 2.40. The van der Waals surface area contributed by atoms with E-state index < -0.39 is 22.2 Å². The summed E-state index contributed by atoms with van der Waals surface area (Å²) in [4.78, 5) is 33.3. The topological polar surface area (TPSA) is 136 Å². The molecule has 8 heteroatoms. The number of carbonyl (C=O) groups excluding carboxylic acids is 1. The van der Waals surface area contributed by atoms with Gasteiger partial charge in [0.05, 0.1) is 15.9 Å². The first-order valence-electron chi connectivity index (χ1n) is 6.62. The number of aryl methyl sites for hydroxylation is 1. The predicted molar refractivity (Wildman–Crippen MR) is 80.6 cm³/mol. The zero-order valence-electron chi connectivity index (χ0n) is 12.7. The molecule has 1 amide bonds. The monoisotopic (exact) mass is 309 g/mol. The first-order valence-corrected chi connectivity index (χ1v) is 6.62. The second-order valence-corrected chi connectivity index (χ2v) is 5.70. The molecule has 0 radical (unpaired) electrons. The molecule has 0 spiro atoms. The highest BCUT2D eigenvalue weighted by atomic mass is 16.6. The summed E-state index contributed by atoms with van der Waals surface area (Å²) >= 11 is 0. The largest absolute Gasteiger partial charge is 0.481 e. The van der Waals surface area contributed by atoms with Gasteiger partial charge in [-0.15, -0.1) is 0 Å². The van der Waals surface area contributed by atoms with Crippen molar-refractivity contribution < 1.29 is 19.6 Å². The maximum absolute atomic E-state index is 12.1. The number of carbonyl (C=O) groups is 2. The van der Waals surface area contributed by atoms with Gasteiger partial charge in [-0.1, -0.05) is 0 Å². The predicted octanol–water partition coefficient (Wildman–Crippen LogP) is 1.72. The highest BCUT2D eigenvalue weighted by molar-refractivity contribution is 6.01. The summed E-state index contributed by atoms with van der Waals surface area (Å²) in [6.07, 6.45) is 0.224. The van der Waals surface area contributed by atoms with Gasteiger partial charge in [-0.2, -0.15) is 0 Å². The van der Waals surface area contributed by atoms with Gasteiger partial charge in [-0.3, -0.25) is 19.7 Å². The number of nitrogen functional groups attached to an aromatic ring is 1. The van der Waals surface area contributed by atoms with E-state index in [2.05, 4.69) is 5.32 Å². The van der Waals surface area contributed by atoms with E-state index in [0.29, 0.717) is 5.56 Å². The first-order chi connectivity index (χ1) is 10.1. The van der Waals surface area contributed by atoms with Gasteiger partial charge in [0.1, 0.15) is 5.69 Å². The maximum atomic E-state index is 12.1. The molecular weight excluding hydrogens is 290 g/mol. The lowest BCUT2D eigenvalue weighted by Gasteiger charge is -2.19. The Balaban J connectivity index is 2.87. The van der Waals surface area contributed by atoms with Gasteiger partial charge in [-0.05, 0) is 38.8 Å². The van der Waals surface area contributed by atoms with Gasteiger partial charge in [0, 0.05) is 12.6 Å². The van der Waals surface area contributed by atoms with Crippen molar-refractivity contribution in [2.45, 2.75) is 27.2 Å². The number of hydrogen-bond acceptors (Lipinski definition) is 5. The molecule has 0 aromatic heterocycles. The van der Waals surface area contributed by atoms with Crippen molar-refractivity contribution in [1.82, 2.24) is 5.32 Å². The lowest BCUT2D eigenvalue weighted by atomic mass is 9.89. The smallest absolute Gasteiger partial charge is 0.309 e. The Kier molecular flexibility index (Phi) is 5.08. The molecule has 0 aliphatic heterocycles. The fraction of sp³-hybridized carbons (Fsp3) is 0.429. The van der Waals surface area contributed by atoms with Crippen molar-refractivity contribution in [1.29, 1.82) is 0 Å². The summed E-state index contributed by atoms with van der Waals surface area (Å²) in [5.41, 5.74) is 4.71. The molecule has 1 rings (SSSR count). The molecule has 0 saturated carbocycles. The molecule has 0 bridgehead atoms. The highest BCUT2D eigenvalue weighted by Gasteiger charge is 2.27. The van der Waals surface area contributed by atoms with Crippen molar-refractivity contribution in [2.75, 3.05) is 12.3 Å². The minimum Gasteiger partial charge on any atom is -0.481 e. The van der Waals surface area contributed by atoms with Crippen LogP contribution in [-0.4, -0.2) is 28.5 Å². The van der Waals surface area contributed by atoms with E-state index in [-0.39, 0.29) is 29.9 Å². The van der Waals surface area contributed by atoms with E-state index in [4.69, 9.17) is 10.8 Å². The van der Waals surface area contributed by atoms with Crippen LogP contribution in [0.5, 0.6) is 0 Å². The van der Waals surface area contributed by atoms with Gasteiger partial charge >= 0.3 is 5.97 Å². The van der Waals surface area contributed by atoms with E-state index in [9.17, 15) is 19.7 Å². The Labute approximate surface area is 127 Å². The zero-order chi connectivity index (χ0) is 17.1. The van der Waals surface area contributed by atoms with Gasteiger partial charge in [0.25, 0.3) is 11.6 Å². The van der Waals surface area contributed by atoms with E-state index in [0.717, 1.165) is 0 Å². The standard InChI is InChI=1S/C14H19N3O5/c1-8-6-9(11(15)10(7-8)17(21)22)12(18)16-5-4-14(2,3)13(19)20/h6-7H,4-5,15H2,1-3H3,(H,16,18)(H,19,20). The third kappa shape index (κ3) is 3.94. The molecule has 0 fully saturated rings. The number of nitrogens with two attached hydrogens (primary N) is 1. The van der Waals surface area contributed by atoms with Crippen molar-refractivity contribution in [2.24, 2.45) is 5.41 Å². The lowest BCUT2D eigenvalue weighted by Crippen LogP contribution is -2.32. The van der Waals surface area contributed by atoms with Crippen LogP contribution < -0.4 is 11.1 Å². The van der Waals surface area contributed by atoms with E-state index >= 15 is 0 Å². The number of carboxylic acid groups (broad SMARTS) is 1. The number of rotatable bonds is 6. The summed E-state index contributed by atoms with van der Waals surface area (Å²) in [5, 5.41) is 22.4. The summed E-state index contributed by atoms with van der Waals surface area (Å²) in [5.74, 6) is -1.53. The maximum Gasteiger partial charge on any atom is 0.309 e. The fourth-order valence-electron chi connectivity index (χ4n) is 1.81. The summed E-state index contributed by atoms with van der Waals surface area (Å²) in [6.45, 7) is 4.84. The van der Waals surface area contributed by atoms with Gasteiger partial charge < -0.3 is 16.2 Å². The normalized spacial score (nSPS) is 11.0. The molecular formula is C14H19N3O5. The van der Waals surface area contributed by atoms with Crippen LogP contribution in [0.15, 0.2) is 12.1 Å². The molecule has 8 nitrogen and oxygen atoms in total. The molecule has 1 aromatic carbocycles. The van der Waals surface area contributed by atoms with Crippen LogP contribution in [0.4, 0.5) is 11.4 Å². The molecule has 0 heterocycles. The first kappa shape index (κ1) is 17.4. The zero-order valence-corrected chi connectivity index (χ0v) is 12.7. The van der Waals surface area contributed by atoms with Crippen LogP contribution in [0.25, 0.3) is 0 Å². The third-order valence-corrected chi connectivity index (χ3v) is 3.36. The Morgan fingerprint density at radius 2 is 2.00 bits per heavy atom. The number of amides is 1. The van der Waals surface area contributed by atoms with Crippen LogP contribution in [0, 0.1) is 22.5 Å². The lowest BCUT2D eigenvalue weighted by molar-refractivity contribution is -0.384. The minimum atomic E-state index is -0.975. The Bertz CT molecular complexity index is 625. The summed E-state index contributed by atoms with van der Waals surface area (Å²) in [6, 6.07) is 2.75. The minimum absolute atomic E-state index is 0.0137. The van der Waals surface area contributed by atoms with Gasteiger partial charge in [0.2, 0.25) is 0 Å². The van der Waals surface area contributed by atoms with Crippen LogP contribution in [0.3, 0.4) is 0 Å². The van der Waals surface area contributed by atoms with E-state index in [1.165, 1.54) is 12.1 Å². The SMILES string of the molecule is Cc1cc(C(=O)NCCC(C)(C)C(=O)O)c(N)c([N+](=O)[O-])c1. The number of nitro benzene ring substituents is 1. The second-order valence-electron chi connectivity index (χ2n) is 5.70. The number of anilines is 1. The number of benzene rings is 1. The molecule has 0 unspecified atom stereocenters. The number of aliphatic carboxylic acids is 1. The van der Waals surface area contributed by atoms with Crippen LogP contribution >= 0.6 is 0 Å². The molecule has 0 aliphatic rings. The molecule has 0 atom stereocenters. The average molecular weight is 309 g/mol. The van der Waals surface area contributed by atoms with Crippen molar-refractivity contribution >= 4 is 23.3 Å². The second kappa shape index (κ2) is 6.42. The molecule has 4 N–H and O–H groups in total. The molecule has 22 heavy (non-hydrogen) atoms. The number of carboxylic acids is 1. The fourth-order valence-corrected chi connectivity index (χ4v) is 1.81. The van der Waals surface area contributed by atoms with Crippen molar-refractivity contribution in [3.8, 4) is 0 Å². The Morgan fingerprint density at radius 1 is 1.41 bits per heavy atom. The summed E-state index contributed by atoms with van der Waals surface area (Å²) < 4.78 is 0. The van der Waals surface area contributed by atoms with E-state index in [1.807, 2.05) is 0 Å². The highest BCUT2D eigenvalue weighted by Crippen LogP contribution is 2.27. The van der Waals surface area contributed by atoms with Crippen LogP contribution in [-0.2, 0) is 4.79 Å². The van der Waals surface area contributed by atoms with Crippen LogP contribution in [0.2, 0.25) is 0 Å². The Morgan fingerprint density at radius 3 is 2.50 bits per heavy atom. The number of nitrogens with zero attached hydrogens (tertiary/aromatic N) is 1. The molecule has 120 valence electrons. The molecule has 1 aromatic rings. The molecule has 0 aliphatic carbocycles. The number of nitro groups is 1. The van der Waals surface area contributed by atoms with Crippen molar-refractivity contribution in [3.05, 3.63) is 33.4 Å². The van der Waals surface area contributed by atoms with Gasteiger partial charge in [-0.25, -0.2) is 0 Å². The van der Waals surface area contributed by atoms with Gasteiger partial charge in [0.15, 0.2) is 0 Å².